The molecule has 0 heterocycles. The SMILES string of the molecule is CCC[CH2][Sn]([CH2]CCC)([O]CCCCCCCCCC(OCC)(OCC)OCC)[O]CCCCCCCCCC(OCC)(OCC)OCC. The summed E-state index contributed by atoms with van der Waals surface area (Å²) in [5.74, 6) is -1.72. The first-order valence-corrected chi connectivity index (χ1v) is 27.4. The monoisotopic (exact) mass is 813 g/mol. The van der Waals surface area contributed by atoms with Crippen LogP contribution < -0.4 is 0 Å². The van der Waals surface area contributed by atoms with E-state index in [-0.39, 0.29) is 0 Å². The van der Waals surface area contributed by atoms with Crippen molar-refractivity contribution >= 4 is 19.2 Å². The van der Waals surface area contributed by atoms with Gasteiger partial charge in [0.05, 0.1) is 0 Å². The molecule has 0 aliphatic rings. The first-order valence-electron chi connectivity index (χ1n) is 21.0. The summed E-state index contributed by atoms with van der Waals surface area (Å²) in [5.41, 5.74) is 0. The fourth-order valence-electron chi connectivity index (χ4n) is 6.52. The van der Waals surface area contributed by atoms with Crippen molar-refractivity contribution in [2.75, 3.05) is 52.9 Å². The number of hydrogen-bond donors (Lipinski definition) is 0. The first-order chi connectivity index (χ1) is 23.9. The van der Waals surface area contributed by atoms with E-state index in [1.807, 2.05) is 41.5 Å². The van der Waals surface area contributed by atoms with Gasteiger partial charge in [0.1, 0.15) is 0 Å². The Labute approximate surface area is 310 Å². The maximum absolute atomic E-state index is 6.85. The van der Waals surface area contributed by atoms with Gasteiger partial charge in [0.15, 0.2) is 0 Å². The fraction of sp³-hybridized carbons (Fsp3) is 1.00. The van der Waals surface area contributed by atoms with Crippen molar-refractivity contribution in [3.63, 3.8) is 0 Å². The first kappa shape index (κ1) is 49.5. The minimum absolute atomic E-state index is 0.596. The van der Waals surface area contributed by atoms with Crippen LogP contribution in [0, 0.1) is 0 Å². The Morgan fingerprint density at radius 1 is 0.327 bits per heavy atom. The van der Waals surface area contributed by atoms with Gasteiger partial charge in [-0.25, -0.2) is 0 Å². The van der Waals surface area contributed by atoms with E-state index in [4.69, 9.17) is 34.6 Å². The molecule has 0 N–H and O–H groups in total. The Kier molecular flexibility index (Phi) is 34.6. The molecule has 49 heavy (non-hydrogen) atoms. The molecule has 0 radical (unpaired) electrons. The van der Waals surface area contributed by atoms with E-state index in [2.05, 4.69) is 13.8 Å². The standard InChI is InChI=1S/2C16H33O4.2C4H9.Sn/c2*1-4-18-16(19-5-2,20-6-3)14-12-10-8-7-9-11-13-15-17;2*1-3-4-2;/h2*4-15H2,1-3H3;2*1,3-4H2,2H3;/q2*-1;;;+2. The van der Waals surface area contributed by atoms with E-state index >= 15 is 0 Å². The topological polar surface area (TPSA) is 73.8 Å². The Bertz CT molecular complexity index is 593. The van der Waals surface area contributed by atoms with E-state index in [1.165, 1.54) is 98.8 Å². The summed E-state index contributed by atoms with van der Waals surface area (Å²) in [4.78, 5) is 0. The molecule has 0 aliphatic heterocycles. The van der Waals surface area contributed by atoms with Gasteiger partial charge in [-0.15, -0.1) is 0 Å². The molecule has 0 saturated heterocycles. The average molecular weight is 812 g/mol. The normalized spacial score (nSPS) is 12.7. The molecule has 0 aromatic heterocycles. The molecule has 296 valence electrons. The van der Waals surface area contributed by atoms with Crippen molar-refractivity contribution in [2.24, 2.45) is 0 Å². The summed E-state index contributed by atoms with van der Waals surface area (Å²) in [7, 11) is 0. The molecule has 0 amide bonds. The molecule has 0 unspecified atom stereocenters. The molecule has 0 bridgehead atoms. The Hall–Kier alpha value is 0.479. The second kappa shape index (κ2) is 34.3. The number of rotatable bonds is 40. The zero-order valence-electron chi connectivity index (χ0n) is 34.0. The van der Waals surface area contributed by atoms with Gasteiger partial charge in [-0.1, -0.05) is 0 Å². The quantitative estimate of drug-likeness (QED) is 0.0344. The van der Waals surface area contributed by atoms with Gasteiger partial charge in [0, 0.05) is 39.6 Å². The zero-order valence-corrected chi connectivity index (χ0v) is 36.8. The Balaban J connectivity index is 4.42. The number of unbranched alkanes of at least 4 members (excludes halogenated alkanes) is 14. The van der Waals surface area contributed by atoms with Crippen LogP contribution in [0.5, 0.6) is 0 Å². The minimum atomic E-state index is -3.05. The van der Waals surface area contributed by atoms with Crippen LogP contribution in [-0.4, -0.2) is 84.0 Å². The van der Waals surface area contributed by atoms with Gasteiger partial charge < -0.3 is 0 Å². The third kappa shape index (κ3) is 25.2. The molecule has 0 fully saturated rings. The van der Waals surface area contributed by atoms with Gasteiger partial charge in [-0.3, -0.25) is 0 Å². The third-order valence-corrected chi connectivity index (χ3v) is 19.5. The fourth-order valence-corrected chi connectivity index (χ4v) is 17.2. The zero-order chi connectivity index (χ0) is 36.4. The van der Waals surface area contributed by atoms with Crippen LogP contribution in [0.15, 0.2) is 0 Å². The summed E-state index contributed by atoms with van der Waals surface area (Å²) in [6.45, 7) is 21.9. The Morgan fingerprint density at radius 3 is 0.857 bits per heavy atom. The van der Waals surface area contributed by atoms with Crippen molar-refractivity contribution in [1.29, 1.82) is 0 Å². The van der Waals surface area contributed by atoms with Crippen molar-refractivity contribution in [1.82, 2.24) is 0 Å². The Morgan fingerprint density at radius 2 is 0.592 bits per heavy atom. The average Bonchev–Trinajstić information content (AvgIpc) is 3.08. The summed E-state index contributed by atoms with van der Waals surface area (Å²) >= 11 is -3.05. The molecule has 8 nitrogen and oxygen atoms in total. The van der Waals surface area contributed by atoms with Crippen molar-refractivity contribution in [3.8, 4) is 0 Å². The van der Waals surface area contributed by atoms with Crippen LogP contribution in [0.1, 0.15) is 184 Å². The van der Waals surface area contributed by atoms with Crippen LogP contribution >= 0.6 is 0 Å². The minimum Gasteiger partial charge on any atom is -0.0413 e. The predicted octanol–water partition coefficient (Wildman–Crippen LogP) is 11.8. The van der Waals surface area contributed by atoms with Gasteiger partial charge in [0.2, 0.25) is 0 Å². The van der Waals surface area contributed by atoms with E-state index in [0.717, 1.165) is 51.7 Å². The molecule has 0 spiro atoms. The summed E-state index contributed by atoms with van der Waals surface area (Å²) in [5, 5.41) is 0. The van der Waals surface area contributed by atoms with E-state index in [1.54, 1.807) is 0 Å². The molecule has 0 rings (SSSR count). The van der Waals surface area contributed by atoms with Crippen LogP contribution in [0.4, 0.5) is 0 Å². The second-order valence-corrected chi connectivity index (χ2v) is 22.9. The molecular formula is C40H84O8Sn. The second-order valence-electron chi connectivity index (χ2n) is 13.2. The van der Waals surface area contributed by atoms with Crippen molar-refractivity contribution < 1.29 is 34.6 Å². The van der Waals surface area contributed by atoms with Crippen LogP contribution in [0.3, 0.4) is 0 Å². The molecule has 0 aromatic rings. The molecule has 0 atom stereocenters. The molecule has 0 aromatic carbocycles. The van der Waals surface area contributed by atoms with Crippen molar-refractivity contribution in [2.45, 2.75) is 205 Å². The van der Waals surface area contributed by atoms with E-state index < -0.39 is 31.2 Å². The van der Waals surface area contributed by atoms with Gasteiger partial charge in [-0.2, -0.15) is 0 Å². The maximum atomic E-state index is 6.85. The van der Waals surface area contributed by atoms with E-state index in [9.17, 15) is 0 Å². The molecule has 0 saturated carbocycles. The number of hydrogen-bond acceptors (Lipinski definition) is 8. The molecular weight excluding hydrogens is 727 g/mol. The summed E-state index contributed by atoms with van der Waals surface area (Å²) in [6.07, 6.45) is 23.4. The summed E-state index contributed by atoms with van der Waals surface area (Å²) in [6, 6.07) is 0. The van der Waals surface area contributed by atoms with Crippen LogP contribution in [0.25, 0.3) is 0 Å². The van der Waals surface area contributed by atoms with Gasteiger partial charge in [-0.05, 0) is 41.5 Å². The van der Waals surface area contributed by atoms with Crippen LogP contribution in [0.2, 0.25) is 8.87 Å². The predicted molar refractivity (Wildman–Crippen MR) is 206 cm³/mol. The van der Waals surface area contributed by atoms with Crippen LogP contribution in [-0.2, 0) is 34.6 Å². The third-order valence-electron chi connectivity index (χ3n) is 8.99. The van der Waals surface area contributed by atoms with Gasteiger partial charge >= 0.3 is 230 Å². The van der Waals surface area contributed by atoms with Gasteiger partial charge in [0.25, 0.3) is 0 Å². The smallest absolute Gasteiger partial charge is 0.0413 e. The molecule has 9 heteroatoms. The number of ether oxygens (including phenoxy) is 6. The summed E-state index contributed by atoms with van der Waals surface area (Å²) < 4.78 is 51.3. The van der Waals surface area contributed by atoms with Crippen molar-refractivity contribution in [3.05, 3.63) is 0 Å². The molecule has 0 aliphatic carbocycles. The van der Waals surface area contributed by atoms with E-state index in [0.29, 0.717) is 39.6 Å².